The molecule has 2 aliphatic rings. The Bertz CT molecular complexity index is 2370. The number of aliphatic hydroxyl groups excluding tert-OH is 1. The lowest BCUT2D eigenvalue weighted by atomic mass is 9.91. The summed E-state index contributed by atoms with van der Waals surface area (Å²) in [5.41, 5.74) is 6.97. The molecule has 2 saturated heterocycles. The van der Waals surface area contributed by atoms with Gasteiger partial charge in [0.05, 0.1) is 38.6 Å². The molecule has 2 aromatic carbocycles. The Morgan fingerprint density at radius 2 is 1.82 bits per heavy atom. The average Bonchev–Trinajstić information content (AvgIpc) is 3.99. The number of benzene rings is 2. The first-order chi connectivity index (χ1) is 27.5. The zero-order valence-electron chi connectivity index (χ0n) is 32.2. The highest BCUT2D eigenvalue weighted by Crippen LogP contribution is 2.38. The normalized spacial score (nSPS) is 18.5. The summed E-state index contributed by atoms with van der Waals surface area (Å²) in [4.78, 5) is 38.2. The van der Waals surface area contributed by atoms with E-state index in [1.807, 2.05) is 75.7 Å². The molecule has 2 amide bonds. The summed E-state index contributed by atoms with van der Waals surface area (Å²) in [6.45, 7) is 10.7. The highest BCUT2D eigenvalue weighted by molar-refractivity contribution is 7.19. The third-order valence-corrected chi connectivity index (χ3v) is 13.1. The van der Waals surface area contributed by atoms with Crippen molar-refractivity contribution in [1.29, 1.82) is 0 Å². The second-order valence-electron chi connectivity index (χ2n) is 15.3. The Labute approximate surface area is 338 Å². The fraction of sp³-hybridized carbons (Fsp3) is 0.381. The topological polar surface area (TPSA) is 167 Å². The van der Waals surface area contributed by atoms with Crippen LogP contribution in [0.15, 0.2) is 76.8 Å². The van der Waals surface area contributed by atoms with Crippen LogP contribution in [-0.4, -0.2) is 97.1 Å². The van der Waals surface area contributed by atoms with E-state index in [0.29, 0.717) is 42.0 Å². The van der Waals surface area contributed by atoms with Gasteiger partial charge in [-0.25, -0.2) is 4.98 Å². The average molecular weight is 808 g/mol. The maximum Gasteiger partial charge on any atom is 0.254 e. The number of likely N-dealkylation sites (tertiary alicyclic amines) is 2. The zero-order chi connectivity index (χ0) is 39.8. The van der Waals surface area contributed by atoms with Gasteiger partial charge in [-0.3, -0.25) is 14.5 Å². The van der Waals surface area contributed by atoms with Gasteiger partial charge in [-0.15, -0.1) is 32.9 Å². The van der Waals surface area contributed by atoms with Crippen LogP contribution in [0.4, 0.5) is 0 Å². The minimum Gasteiger partial charge on any atom is -0.507 e. The van der Waals surface area contributed by atoms with Gasteiger partial charge in [0.1, 0.15) is 29.8 Å². The summed E-state index contributed by atoms with van der Waals surface area (Å²) in [6, 6.07) is 19.8. The second kappa shape index (κ2) is 16.3. The number of phenolic OH excluding ortho intramolecular Hbond substituents is 1. The molecule has 15 heteroatoms. The lowest BCUT2D eigenvalue weighted by Crippen LogP contribution is -2.48. The van der Waals surface area contributed by atoms with Crippen LogP contribution < -0.4 is 10.1 Å². The molecule has 0 aliphatic carbocycles. The number of hydrogen-bond donors (Lipinski definition) is 3. The number of para-hydroxylation sites is 1. The fourth-order valence-electron chi connectivity index (χ4n) is 7.69. The van der Waals surface area contributed by atoms with Gasteiger partial charge in [-0.2, -0.15) is 0 Å². The van der Waals surface area contributed by atoms with E-state index in [-0.39, 0.29) is 42.5 Å². The first kappa shape index (κ1) is 38.6. The van der Waals surface area contributed by atoms with E-state index in [1.165, 1.54) is 9.78 Å². The molecular formula is C42H45N7O6S2. The number of hydrogen-bond acceptors (Lipinski definition) is 13. The molecule has 0 saturated carbocycles. The molecule has 4 atom stereocenters. The molecule has 6 aromatic rings. The van der Waals surface area contributed by atoms with Crippen molar-refractivity contribution in [2.24, 2.45) is 5.92 Å². The van der Waals surface area contributed by atoms with Crippen LogP contribution >= 0.6 is 22.7 Å². The number of nitrogens with one attached hydrogen (secondary N) is 1. The first-order valence-electron chi connectivity index (χ1n) is 19.2. The zero-order valence-corrected chi connectivity index (χ0v) is 33.8. The van der Waals surface area contributed by atoms with Crippen LogP contribution in [-0.2, 0) is 9.59 Å². The van der Waals surface area contributed by atoms with E-state index in [9.17, 15) is 19.8 Å². The third kappa shape index (κ3) is 8.15. The third-order valence-electron chi connectivity index (χ3n) is 10.9. The number of aliphatic hydroxyl groups is 1. The molecule has 4 aromatic heterocycles. The largest absolute Gasteiger partial charge is 0.507 e. The highest BCUT2D eigenvalue weighted by Gasteiger charge is 2.43. The van der Waals surface area contributed by atoms with Crippen molar-refractivity contribution in [2.75, 3.05) is 32.8 Å². The van der Waals surface area contributed by atoms with Crippen LogP contribution in [0.2, 0.25) is 0 Å². The molecule has 13 nitrogen and oxygen atoms in total. The minimum absolute atomic E-state index is 0.0555. The maximum absolute atomic E-state index is 14.1. The molecular weight excluding hydrogens is 763 g/mol. The Balaban J connectivity index is 0.838. The highest BCUT2D eigenvalue weighted by atomic mass is 32.1. The van der Waals surface area contributed by atoms with Crippen LogP contribution in [0, 0.1) is 12.8 Å². The Morgan fingerprint density at radius 1 is 1.04 bits per heavy atom. The standard InChI is InChI=1S/C42H45N7O6S2/c1-23(2)39(42(53)49-21-29(50)15-33(49)41(52)44-24(3)26-9-11-27(12-10-26)40-25(4)43-22-56-40)35-18-38(47-55-35)54-14-13-48-19-28(20-48)36-17-32-37(57-36)16-31(45-46-32)30-7-5-6-8-34(30)51/h5-12,16-18,22-24,28-29,33,39,50-51H,13-15,19-21H2,1-4H3,(H,44,52)/t24?,29-,33+,39?/m1/s1. The van der Waals surface area contributed by atoms with Crippen LogP contribution in [0.1, 0.15) is 67.0 Å². The number of rotatable bonds is 13. The summed E-state index contributed by atoms with van der Waals surface area (Å²) in [6.07, 6.45) is -0.668. The number of phenols is 1. The van der Waals surface area contributed by atoms with Crippen molar-refractivity contribution in [3.63, 3.8) is 0 Å². The van der Waals surface area contributed by atoms with E-state index in [2.05, 4.69) is 36.6 Å². The van der Waals surface area contributed by atoms with E-state index in [0.717, 1.165) is 45.0 Å². The van der Waals surface area contributed by atoms with Gasteiger partial charge in [0, 0.05) is 55.0 Å². The number of carbonyl (C=O) groups is 2. The smallest absolute Gasteiger partial charge is 0.254 e. The van der Waals surface area contributed by atoms with Gasteiger partial charge in [-0.05, 0) is 60.3 Å². The van der Waals surface area contributed by atoms with Gasteiger partial charge >= 0.3 is 0 Å². The fourth-order valence-corrected chi connectivity index (χ4v) is 9.62. The molecule has 0 spiro atoms. The summed E-state index contributed by atoms with van der Waals surface area (Å²) in [5.74, 6) is -0.275. The number of thiophene rings is 1. The molecule has 8 rings (SSSR count). The number of ether oxygens (including phenoxy) is 1. The molecule has 0 bridgehead atoms. The molecule has 2 unspecified atom stereocenters. The first-order valence-corrected chi connectivity index (χ1v) is 20.9. The van der Waals surface area contributed by atoms with E-state index < -0.39 is 18.1 Å². The number of nitrogens with zero attached hydrogens (tertiary/aromatic N) is 6. The number of aromatic hydroxyl groups is 1. The lowest BCUT2D eigenvalue weighted by Gasteiger charge is -2.38. The van der Waals surface area contributed by atoms with E-state index in [1.54, 1.807) is 40.9 Å². The molecule has 57 heavy (non-hydrogen) atoms. The van der Waals surface area contributed by atoms with Crippen molar-refractivity contribution in [2.45, 2.75) is 64.1 Å². The number of amides is 2. The van der Waals surface area contributed by atoms with Crippen molar-refractivity contribution in [3.8, 4) is 33.3 Å². The number of thiazole rings is 1. The molecule has 2 aliphatic heterocycles. The predicted octanol–water partition coefficient (Wildman–Crippen LogP) is 6.54. The van der Waals surface area contributed by atoms with Gasteiger partial charge in [-0.1, -0.05) is 50.2 Å². The Morgan fingerprint density at radius 3 is 2.56 bits per heavy atom. The SMILES string of the molecule is Cc1ncsc1-c1ccc(C(C)NC(=O)[C@@H]2C[C@@H](O)CN2C(=O)C(c2cc(OCCN3CC(c4cc5nnc(-c6ccccc6O)cc5s4)C3)no2)C(C)C)cc1. The monoisotopic (exact) mass is 807 g/mol. The van der Waals surface area contributed by atoms with Crippen molar-refractivity contribution in [1.82, 2.24) is 35.5 Å². The van der Waals surface area contributed by atoms with Gasteiger partial charge in [0.25, 0.3) is 5.88 Å². The molecule has 2 fully saturated rings. The van der Waals surface area contributed by atoms with Gasteiger partial charge in [0.15, 0.2) is 5.76 Å². The number of aromatic nitrogens is 4. The lowest BCUT2D eigenvalue weighted by molar-refractivity contribution is -0.141. The van der Waals surface area contributed by atoms with Crippen LogP contribution in [0.25, 0.3) is 31.9 Å². The summed E-state index contributed by atoms with van der Waals surface area (Å²) in [7, 11) is 0. The molecule has 296 valence electrons. The predicted molar refractivity (Wildman–Crippen MR) is 218 cm³/mol. The van der Waals surface area contributed by atoms with E-state index >= 15 is 0 Å². The van der Waals surface area contributed by atoms with Crippen molar-refractivity contribution >= 4 is 44.7 Å². The molecule has 6 heterocycles. The van der Waals surface area contributed by atoms with Crippen LogP contribution in [0.3, 0.4) is 0 Å². The summed E-state index contributed by atoms with van der Waals surface area (Å²) >= 11 is 3.30. The van der Waals surface area contributed by atoms with E-state index in [4.69, 9.17) is 9.26 Å². The molecule has 0 radical (unpaired) electrons. The molecule has 3 N–H and O–H groups in total. The second-order valence-corrected chi connectivity index (χ2v) is 17.2. The van der Waals surface area contributed by atoms with Crippen molar-refractivity contribution < 1.29 is 29.1 Å². The number of β-amino-alcohol motifs (C(OH)–C–C–N with tert-alkyl or cyclic N) is 1. The van der Waals surface area contributed by atoms with Crippen LogP contribution in [0.5, 0.6) is 11.6 Å². The summed E-state index contributed by atoms with van der Waals surface area (Å²) < 4.78 is 12.7. The Kier molecular flexibility index (Phi) is 11.1. The van der Waals surface area contributed by atoms with Crippen molar-refractivity contribution in [3.05, 3.63) is 94.1 Å². The quantitative estimate of drug-likeness (QED) is 0.116. The number of carbonyl (C=O) groups excluding carboxylic acids is 2. The Hall–Kier alpha value is -5.22. The maximum atomic E-state index is 14.1. The van der Waals surface area contributed by atoms with Gasteiger partial charge < -0.3 is 29.7 Å². The number of fused-ring (bicyclic) bond motifs is 1. The number of aryl methyl sites for hydroxylation is 1. The summed E-state index contributed by atoms with van der Waals surface area (Å²) in [5, 5.41) is 36.8. The van der Waals surface area contributed by atoms with Gasteiger partial charge in [0.2, 0.25) is 11.8 Å². The minimum atomic E-state index is -0.823.